The van der Waals surface area contributed by atoms with Gasteiger partial charge in [-0.1, -0.05) is 48.0 Å². The molecule has 1 N–H and O–H groups in total. The van der Waals surface area contributed by atoms with Crippen LogP contribution in [0.15, 0.2) is 60.7 Å². The van der Waals surface area contributed by atoms with E-state index in [4.69, 9.17) is 16.3 Å². The highest BCUT2D eigenvalue weighted by Crippen LogP contribution is 2.25. The fraction of sp³-hybridized carbons (Fsp3) is 0.105. The normalized spacial score (nSPS) is 10.5. The van der Waals surface area contributed by atoms with Crippen molar-refractivity contribution >= 4 is 34.0 Å². The quantitative estimate of drug-likeness (QED) is 0.400. The van der Waals surface area contributed by atoms with Crippen LogP contribution in [0.1, 0.15) is 10.4 Å². The number of nitrogens with zero attached hydrogens (tertiary/aromatic N) is 1. The fourth-order valence-electron chi connectivity index (χ4n) is 2.59. The second kappa shape index (κ2) is 7.84. The lowest BCUT2D eigenvalue weighted by Crippen LogP contribution is -2.28. The number of ether oxygens (including phenoxy) is 1. The first-order valence-electron chi connectivity index (χ1n) is 7.89. The molecule has 0 bridgehead atoms. The molecule has 1 amide bonds. The van der Waals surface area contributed by atoms with Gasteiger partial charge in [0, 0.05) is 16.5 Å². The third-order valence-electron chi connectivity index (χ3n) is 3.80. The number of fused-ring (bicyclic) bond motifs is 1. The summed E-state index contributed by atoms with van der Waals surface area (Å²) in [5.74, 6) is 0.171. The monoisotopic (exact) mass is 370 g/mol. The third kappa shape index (κ3) is 3.92. The number of benzene rings is 3. The summed E-state index contributed by atoms with van der Waals surface area (Å²) in [6.45, 7) is 0.447. The van der Waals surface area contributed by atoms with Gasteiger partial charge in [0.2, 0.25) is 0 Å². The van der Waals surface area contributed by atoms with Crippen molar-refractivity contribution in [1.82, 2.24) is 5.32 Å². The summed E-state index contributed by atoms with van der Waals surface area (Å²) in [5, 5.41) is 15.9. The Morgan fingerprint density at radius 2 is 1.88 bits per heavy atom. The maximum absolute atomic E-state index is 12.2. The van der Waals surface area contributed by atoms with E-state index in [1.54, 1.807) is 0 Å². The first-order valence-corrected chi connectivity index (χ1v) is 8.27. The fourth-order valence-corrected chi connectivity index (χ4v) is 2.76. The van der Waals surface area contributed by atoms with E-state index in [9.17, 15) is 14.9 Å². The molecule has 3 aromatic rings. The molecule has 0 aliphatic rings. The Kier molecular flexibility index (Phi) is 5.34. The van der Waals surface area contributed by atoms with Crippen molar-refractivity contribution in [2.45, 2.75) is 0 Å². The second-order valence-corrected chi connectivity index (χ2v) is 5.94. The zero-order chi connectivity index (χ0) is 18.5. The standard InChI is InChI=1S/C19H15ClN2O4/c20-14-8-9-16(17(12-14)22(24)25)19(23)21-10-11-26-18-7-3-5-13-4-1-2-6-15(13)18/h1-9,12H,10-11H2,(H,21,23). The molecular formula is C19H15ClN2O4. The summed E-state index contributed by atoms with van der Waals surface area (Å²) in [7, 11) is 0. The topological polar surface area (TPSA) is 81.5 Å². The number of amides is 1. The van der Waals surface area contributed by atoms with Gasteiger partial charge in [0.15, 0.2) is 0 Å². The van der Waals surface area contributed by atoms with Gasteiger partial charge in [0.1, 0.15) is 17.9 Å². The number of hydrogen-bond donors (Lipinski definition) is 1. The first-order chi connectivity index (χ1) is 12.6. The second-order valence-electron chi connectivity index (χ2n) is 5.50. The van der Waals surface area contributed by atoms with Crippen LogP contribution in [0.5, 0.6) is 5.75 Å². The maximum atomic E-state index is 12.2. The molecule has 3 aromatic carbocycles. The van der Waals surface area contributed by atoms with E-state index in [0.717, 1.165) is 22.6 Å². The summed E-state index contributed by atoms with van der Waals surface area (Å²) in [6, 6.07) is 17.5. The van der Waals surface area contributed by atoms with Crippen LogP contribution in [0.25, 0.3) is 10.8 Å². The average Bonchev–Trinajstić information content (AvgIpc) is 2.65. The summed E-state index contributed by atoms with van der Waals surface area (Å²) < 4.78 is 5.73. The summed E-state index contributed by atoms with van der Waals surface area (Å²) in [5.41, 5.74) is -0.366. The zero-order valence-corrected chi connectivity index (χ0v) is 14.4. The Balaban J connectivity index is 1.62. The van der Waals surface area contributed by atoms with E-state index < -0.39 is 10.8 Å². The Morgan fingerprint density at radius 1 is 1.12 bits per heavy atom. The summed E-state index contributed by atoms with van der Waals surface area (Å²) in [6.07, 6.45) is 0. The molecule has 0 heterocycles. The van der Waals surface area contributed by atoms with Gasteiger partial charge in [0.05, 0.1) is 11.5 Å². The highest BCUT2D eigenvalue weighted by Gasteiger charge is 2.20. The molecule has 3 rings (SSSR count). The van der Waals surface area contributed by atoms with Gasteiger partial charge >= 0.3 is 0 Å². The van der Waals surface area contributed by atoms with Gasteiger partial charge in [-0.2, -0.15) is 0 Å². The van der Waals surface area contributed by atoms with E-state index in [0.29, 0.717) is 0 Å². The van der Waals surface area contributed by atoms with Crippen LogP contribution < -0.4 is 10.1 Å². The van der Waals surface area contributed by atoms with Gasteiger partial charge < -0.3 is 10.1 Å². The minimum atomic E-state index is -0.632. The molecular weight excluding hydrogens is 356 g/mol. The van der Waals surface area contributed by atoms with Gasteiger partial charge in [-0.3, -0.25) is 14.9 Å². The smallest absolute Gasteiger partial charge is 0.283 e. The Hall–Kier alpha value is -3.12. The van der Waals surface area contributed by atoms with Crippen molar-refractivity contribution in [3.8, 4) is 5.75 Å². The van der Waals surface area contributed by atoms with Gasteiger partial charge in [0.25, 0.3) is 11.6 Å². The molecule has 0 saturated carbocycles. The van der Waals surface area contributed by atoms with Crippen LogP contribution in [0.3, 0.4) is 0 Å². The Bertz CT molecular complexity index is 969. The molecule has 0 radical (unpaired) electrons. The number of carbonyl (C=O) groups is 1. The number of nitro groups is 1. The van der Waals surface area contributed by atoms with Crippen LogP contribution in [-0.2, 0) is 0 Å². The van der Waals surface area contributed by atoms with Crippen molar-refractivity contribution < 1.29 is 14.5 Å². The lowest BCUT2D eigenvalue weighted by molar-refractivity contribution is -0.385. The molecule has 0 aliphatic heterocycles. The lowest BCUT2D eigenvalue weighted by atomic mass is 10.1. The number of nitro benzene ring substituents is 1. The number of halogens is 1. The van der Waals surface area contributed by atoms with Crippen LogP contribution in [0.4, 0.5) is 5.69 Å². The maximum Gasteiger partial charge on any atom is 0.283 e. The predicted molar refractivity (Wildman–Crippen MR) is 99.9 cm³/mol. The highest BCUT2D eigenvalue weighted by molar-refractivity contribution is 6.31. The van der Waals surface area contributed by atoms with Gasteiger partial charge in [-0.05, 0) is 23.6 Å². The van der Waals surface area contributed by atoms with Crippen molar-refractivity contribution in [1.29, 1.82) is 0 Å². The van der Waals surface area contributed by atoms with E-state index in [2.05, 4.69) is 5.32 Å². The predicted octanol–water partition coefficient (Wildman–Crippen LogP) is 4.21. The van der Waals surface area contributed by atoms with Crippen molar-refractivity contribution in [2.24, 2.45) is 0 Å². The van der Waals surface area contributed by atoms with E-state index in [1.807, 2.05) is 42.5 Å². The van der Waals surface area contributed by atoms with Gasteiger partial charge in [-0.15, -0.1) is 0 Å². The Morgan fingerprint density at radius 3 is 2.69 bits per heavy atom. The van der Waals surface area contributed by atoms with Crippen LogP contribution >= 0.6 is 11.6 Å². The molecule has 0 atom stereocenters. The average molecular weight is 371 g/mol. The molecule has 0 aromatic heterocycles. The summed E-state index contributed by atoms with van der Waals surface area (Å²) in [4.78, 5) is 22.6. The summed E-state index contributed by atoms with van der Waals surface area (Å²) >= 11 is 5.75. The minimum Gasteiger partial charge on any atom is -0.491 e. The van der Waals surface area contributed by atoms with Crippen molar-refractivity contribution in [2.75, 3.05) is 13.2 Å². The molecule has 0 fully saturated rings. The number of carbonyl (C=O) groups excluding carboxylic acids is 1. The highest BCUT2D eigenvalue weighted by atomic mass is 35.5. The van der Waals surface area contributed by atoms with E-state index in [-0.39, 0.29) is 29.4 Å². The molecule has 0 aliphatic carbocycles. The largest absolute Gasteiger partial charge is 0.491 e. The molecule has 26 heavy (non-hydrogen) atoms. The van der Waals surface area contributed by atoms with Crippen molar-refractivity contribution in [3.63, 3.8) is 0 Å². The number of rotatable bonds is 6. The zero-order valence-electron chi connectivity index (χ0n) is 13.6. The number of nitrogens with one attached hydrogen (secondary N) is 1. The third-order valence-corrected chi connectivity index (χ3v) is 4.03. The molecule has 0 saturated heterocycles. The van der Waals surface area contributed by atoms with Crippen LogP contribution in [-0.4, -0.2) is 24.0 Å². The molecule has 6 nitrogen and oxygen atoms in total. The van der Waals surface area contributed by atoms with E-state index in [1.165, 1.54) is 12.1 Å². The Labute approximate surface area is 154 Å². The molecule has 0 unspecified atom stereocenters. The van der Waals surface area contributed by atoms with Crippen molar-refractivity contribution in [3.05, 3.63) is 81.4 Å². The van der Waals surface area contributed by atoms with Crippen LogP contribution in [0.2, 0.25) is 5.02 Å². The van der Waals surface area contributed by atoms with Crippen LogP contribution in [0, 0.1) is 10.1 Å². The molecule has 0 spiro atoms. The molecule has 132 valence electrons. The van der Waals surface area contributed by atoms with Gasteiger partial charge in [-0.25, -0.2) is 0 Å². The minimum absolute atomic E-state index is 0.0374. The molecule has 7 heteroatoms. The lowest BCUT2D eigenvalue weighted by Gasteiger charge is -2.10. The SMILES string of the molecule is O=C(NCCOc1cccc2ccccc12)c1ccc(Cl)cc1[N+](=O)[O-]. The van der Waals surface area contributed by atoms with E-state index >= 15 is 0 Å². The number of hydrogen-bond acceptors (Lipinski definition) is 4. The first kappa shape index (κ1) is 17.7.